The van der Waals surface area contributed by atoms with Crippen molar-refractivity contribution in [3.05, 3.63) is 65.8 Å². The summed E-state index contributed by atoms with van der Waals surface area (Å²) in [5, 5.41) is 13.6. The first-order valence-electron chi connectivity index (χ1n) is 6.93. The highest BCUT2D eigenvalue weighted by Gasteiger charge is 2.08. The number of nitrogens with zero attached hydrogens (tertiary/aromatic N) is 3. The number of aromatic nitrogens is 3. The largest absolute Gasteiger partial charge is 0.392 e. The van der Waals surface area contributed by atoms with Crippen molar-refractivity contribution < 1.29 is 5.11 Å². The molecule has 0 atom stereocenters. The Morgan fingerprint density at radius 3 is 2.55 bits per heavy atom. The monoisotopic (exact) mass is 307 g/mol. The zero-order valence-corrected chi connectivity index (χ0v) is 12.5. The highest BCUT2D eigenvalue weighted by molar-refractivity contribution is 7.14. The van der Waals surface area contributed by atoms with Gasteiger partial charge in [0.1, 0.15) is 5.51 Å². The van der Waals surface area contributed by atoms with E-state index in [1.807, 2.05) is 30.5 Å². The van der Waals surface area contributed by atoms with Crippen LogP contribution < -0.4 is 0 Å². The maximum Gasteiger partial charge on any atom is 0.212 e. The molecule has 4 aromatic rings. The number of benzene rings is 2. The van der Waals surface area contributed by atoms with Crippen LogP contribution in [0.4, 0.5) is 0 Å². The molecule has 0 aliphatic rings. The maximum absolute atomic E-state index is 9.45. The Kier molecular flexibility index (Phi) is 3.21. The lowest BCUT2D eigenvalue weighted by molar-refractivity contribution is 0.282. The van der Waals surface area contributed by atoms with Crippen molar-refractivity contribution in [3.8, 4) is 22.4 Å². The van der Waals surface area contributed by atoms with E-state index in [9.17, 15) is 5.11 Å². The summed E-state index contributed by atoms with van der Waals surface area (Å²) >= 11 is 1.52. The second-order valence-electron chi connectivity index (χ2n) is 4.98. The summed E-state index contributed by atoms with van der Waals surface area (Å²) in [5.41, 5.74) is 6.84. The summed E-state index contributed by atoms with van der Waals surface area (Å²) in [7, 11) is 0. The van der Waals surface area contributed by atoms with Crippen LogP contribution in [-0.2, 0) is 6.61 Å². The second kappa shape index (κ2) is 5.36. The molecule has 0 bridgehead atoms. The van der Waals surface area contributed by atoms with E-state index in [1.165, 1.54) is 11.3 Å². The Morgan fingerprint density at radius 2 is 1.77 bits per heavy atom. The van der Waals surface area contributed by atoms with Crippen LogP contribution in [0.2, 0.25) is 0 Å². The van der Waals surface area contributed by atoms with E-state index in [0.29, 0.717) is 0 Å². The molecule has 0 fully saturated rings. The molecule has 22 heavy (non-hydrogen) atoms. The average molecular weight is 307 g/mol. The Bertz CT molecular complexity index is 896. The minimum absolute atomic E-state index is 0.0426. The van der Waals surface area contributed by atoms with Crippen LogP contribution in [0.15, 0.2) is 60.2 Å². The Labute approximate surface area is 131 Å². The molecule has 0 saturated carbocycles. The van der Waals surface area contributed by atoms with E-state index in [2.05, 4.69) is 34.3 Å². The standard InChI is InChI=1S/C17H13N3OS/c21-10-14-3-1-2-4-15(14)12-5-7-13(8-6-12)16-9-20-17(19-16)22-11-18-20/h1-9,11,21H,10H2. The lowest BCUT2D eigenvalue weighted by atomic mass is 9.98. The SMILES string of the molecule is OCc1ccccc1-c1ccc(-c2cn3ncsc3n2)cc1. The molecule has 0 radical (unpaired) electrons. The highest BCUT2D eigenvalue weighted by atomic mass is 32.1. The first-order valence-corrected chi connectivity index (χ1v) is 7.81. The lowest BCUT2D eigenvalue weighted by Gasteiger charge is -2.07. The third-order valence-corrected chi connectivity index (χ3v) is 4.35. The molecule has 4 rings (SSSR count). The fourth-order valence-electron chi connectivity index (χ4n) is 2.54. The van der Waals surface area contributed by atoms with Crippen molar-refractivity contribution in [2.24, 2.45) is 0 Å². The summed E-state index contributed by atoms with van der Waals surface area (Å²) in [4.78, 5) is 5.45. The van der Waals surface area contributed by atoms with Crippen LogP contribution in [0.1, 0.15) is 5.56 Å². The highest BCUT2D eigenvalue weighted by Crippen LogP contribution is 2.27. The Hall–Kier alpha value is -2.50. The second-order valence-corrected chi connectivity index (χ2v) is 5.80. The van der Waals surface area contributed by atoms with Crippen molar-refractivity contribution in [1.29, 1.82) is 0 Å². The molecule has 1 N–H and O–H groups in total. The minimum Gasteiger partial charge on any atom is -0.392 e. The van der Waals surface area contributed by atoms with E-state index in [-0.39, 0.29) is 6.61 Å². The van der Waals surface area contributed by atoms with E-state index >= 15 is 0 Å². The number of hydrogen-bond donors (Lipinski definition) is 1. The molecule has 0 aliphatic carbocycles. The molecule has 2 heterocycles. The lowest BCUT2D eigenvalue weighted by Crippen LogP contribution is -1.88. The van der Waals surface area contributed by atoms with Gasteiger partial charge in [0.25, 0.3) is 0 Å². The predicted molar refractivity (Wildman–Crippen MR) is 87.7 cm³/mol. The number of hydrogen-bond acceptors (Lipinski definition) is 4. The molecule has 2 aromatic heterocycles. The van der Waals surface area contributed by atoms with E-state index in [0.717, 1.165) is 32.9 Å². The van der Waals surface area contributed by atoms with Crippen LogP contribution in [0.25, 0.3) is 27.3 Å². The number of aliphatic hydroxyl groups is 1. The van der Waals surface area contributed by atoms with Crippen molar-refractivity contribution in [2.45, 2.75) is 6.61 Å². The van der Waals surface area contributed by atoms with Crippen molar-refractivity contribution >= 4 is 16.3 Å². The fourth-order valence-corrected chi connectivity index (χ4v) is 3.14. The number of rotatable bonds is 3. The van der Waals surface area contributed by atoms with E-state index in [4.69, 9.17) is 0 Å². The number of fused-ring (bicyclic) bond motifs is 1. The first kappa shape index (κ1) is 13.2. The predicted octanol–water partition coefficient (Wildman–Crippen LogP) is 3.62. The van der Waals surface area contributed by atoms with E-state index < -0.39 is 0 Å². The molecule has 2 aromatic carbocycles. The smallest absolute Gasteiger partial charge is 0.212 e. The van der Waals surface area contributed by atoms with Gasteiger partial charge in [-0.1, -0.05) is 59.9 Å². The van der Waals surface area contributed by atoms with Gasteiger partial charge in [0.15, 0.2) is 0 Å². The van der Waals surface area contributed by atoms with Crippen molar-refractivity contribution in [3.63, 3.8) is 0 Å². The van der Waals surface area contributed by atoms with Gasteiger partial charge in [0, 0.05) is 5.56 Å². The third-order valence-electron chi connectivity index (χ3n) is 3.67. The van der Waals surface area contributed by atoms with Gasteiger partial charge < -0.3 is 5.11 Å². The van der Waals surface area contributed by atoms with Crippen LogP contribution in [0, 0.1) is 0 Å². The summed E-state index contributed by atoms with van der Waals surface area (Å²) in [5.74, 6) is 0. The summed E-state index contributed by atoms with van der Waals surface area (Å²) in [6.45, 7) is 0.0426. The zero-order valence-electron chi connectivity index (χ0n) is 11.7. The fraction of sp³-hybridized carbons (Fsp3) is 0.0588. The summed E-state index contributed by atoms with van der Waals surface area (Å²) in [6.07, 6.45) is 1.93. The van der Waals surface area contributed by atoms with Gasteiger partial charge in [0.05, 0.1) is 18.5 Å². The van der Waals surface area contributed by atoms with Crippen LogP contribution in [-0.4, -0.2) is 19.7 Å². The molecule has 5 heteroatoms. The summed E-state index contributed by atoms with van der Waals surface area (Å²) < 4.78 is 1.79. The van der Waals surface area contributed by atoms with Gasteiger partial charge >= 0.3 is 0 Å². The molecule has 4 nitrogen and oxygen atoms in total. The Balaban J connectivity index is 1.72. The topological polar surface area (TPSA) is 50.4 Å². The van der Waals surface area contributed by atoms with Crippen LogP contribution >= 0.6 is 11.3 Å². The molecular weight excluding hydrogens is 294 g/mol. The third kappa shape index (κ3) is 2.20. The molecule has 108 valence electrons. The van der Waals surface area contributed by atoms with Gasteiger partial charge in [-0.05, 0) is 16.7 Å². The molecule has 0 aliphatic heterocycles. The molecule has 0 spiro atoms. The Morgan fingerprint density at radius 1 is 1.00 bits per heavy atom. The molecular formula is C17H13N3OS. The number of aliphatic hydroxyl groups excluding tert-OH is 1. The first-order chi connectivity index (χ1) is 10.8. The van der Waals surface area contributed by atoms with Gasteiger partial charge in [-0.3, -0.25) is 0 Å². The van der Waals surface area contributed by atoms with Gasteiger partial charge in [-0.2, -0.15) is 5.10 Å². The van der Waals surface area contributed by atoms with Crippen LogP contribution in [0.3, 0.4) is 0 Å². The van der Waals surface area contributed by atoms with E-state index in [1.54, 1.807) is 10.0 Å². The van der Waals surface area contributed by atoms with Gasteiger partial charge in [-0.25, -0.2) is 9.50 Å². The normalized spacial score (nSPS) is 11.1. The van der Waals surface area contributed by atoms with Crippen molar-refractivity contribution in [2.75, 3.05) is 0 Å². The maximum atomic E-state index is 9.45. The molecule has 0 saturated heterocycles. The van der Waals surface area contributed by atoms with Crippen molar-refractivity contribution in [1.82, 2.24) is 14.6 Å². The molecule has 0 unspecified atom stereocenters. The minimum atomic E-state index is 0.0426. The number of imidazole rings is 1. The van der Waals surface area contributed by atoms with Gasteiger partial charge in [-0.15, -0.1) is 0 Å². The zero-order chi connectivity index (χ0) is 14.9. The molecule has 0 amide bonds. The summed E-state index contributed by atoms with van der Waals surface area (Å²) in [6, 6.07) is 16.1. The van der Waals surface area contributed by atoms with Crippen LogP contribution in [0.5, 0.6) is 0 Å². The van der Waals surface area contributed by atoms with Gasteiger partial charge in [0.2, 0.25) is 4.96 Å². The average Bonchev–Trinajstić information content (AvgIpc) is 3.17. The quantitative estimate of drug-likeness (QED) is 0.629.